The van der Waals surface area contributed by atoms with E-state index in [0.717, 1.165) is 59.4 Å². The highest BCUT2D eigenvalue weighted by Crippen LogP contribution is 2.36. The smallest absolute Gasteiger partial charge is 0.237 e. The largest absolute Gasteiger partial charge is 0.493 e. The summed E-state index contributed by atoms with van der Waals surface area (Å²) in [5.41, 5.74) is 3.92. The van der Waals surface area contributed by atoms with Crippen molar-refractivity contribution in [1.29, 1.82) is 0 Å². The Kier molecular flexibility index (Phi) is 8.76. The molecule has 3 heterocycles. The number of benzene rings is 2. The second-order valence-electron chi connectivity index (χ2n) is 10.5. The summed E-state index contributed by atoms with van der Waals surface area (Å²) in [5.74, 6) is 2.80. The molecule has 1 aliphatic rings. The molecule has 5 rings (SSSR count). The van der Waals surface area contributed by atoms with Crippen LogP contribution in [0.5, 0.6) is 17.4 Å². The molecular formula is C30H37N7O2S. The maximum absolute atomic E-state index is 6.29. The Balaban J connectivity index is 1.43. The predicted octanol–water partition coefficient (Wildman–Crippen LogP) is 5.88. The summed E-state index contributed by atoms with van der Waals surface area (Å²) in [6.45, 7) is 11.1. The fourth-order valence-corrected chi connectivity index (χ4v) is 5.07. The molecule has 0 unspecified atom stereocenters. The third-order valence-corrected chi connectivity index (χ3v) is 7.37. The van der Waals surface area contributed by atoms with Crippen LogP contribution < -0.4 is 19.1 Å². The van der Waals surface area contributed by atoms with Crippen LogP contribution in [0, 0.1) is 12.8 Å². The molecule has 0 spiro atoms. The Morgan fingerprint density at radius 1 is 1.00 bits per heavy atom. The molecule has 0 saturated carbocycles. The molecule has 0 bridgehead atoms. The summed E-state index contributed by atoms with van der Waals surface area (Å²) in [4.78, 5) is 15.2. The molecule has 2 aromatic heterocycles. The molecule has 1 fully saturated rings. The fourth-order valence-electron chi connectivity index (χ4n) is 4.46. The normalized spacial score (nSPS) is 14.0. The number of hydrogen-bond acceptors (Lipinski definition) is 9. The zero-order valence-electron chi connectivity index (χ0n) is 23.8. The zero-order valence-corrected chi connectivity index (χ0v) is 24.6. The number of aromatic nitrogens is 4. The molecule has 0 atom stereocenters. The Morgan fingerprint density at radius 2 is 1.77 bits per heavy atom. The van der Waals surface area contributed by atoms with Gasteiger partial charge in [0, 0.05) is 56.7 Å². The molecule has 0 amide bonds. The van der Waals surface area contributed by atoms with Gasteiger partial charge in [0.15, 0.2) is 0 Å². The number of ether oxygens (including phenoxy) is 2. The van der Waals surface area contributed by atoms with Crippen molar-refractivity contribution in [2.75, 3.05) is 49.5 Å². The van der Waals surface area contributed by atoms with Crippen molar-refractivity contribution in [3.63, 3.8) is 0 Å². The van der Waals surface area contributed by atoms with Crippen molar-refractivity contribution >= 4 is 23.6 Å². The first kappa shape index (κ1) is 27.8. The lowest BCUT2D eigenvalue weighted by atomic mass is 10.0. The molecule has 40 heavy (non-hydrogen) atoms. The molecule has 1 N–H and O–H groups in total. The summed E-state index contributed by atoms with van der Waals surface area (Å²) < 4.78 is 17.5. The molecular weight excluding hydrogens is 522 g/mol. The van der Waals surface area contributed by atoms with Crippen molar-refractivity contribution in [3.05, 3.63) is 66.5 Å². The van der Waals surface area contributed by atoms with Gasteiger partial charge in [-0.2, -0.15) is 10.1 Å². The van der Waals surface area contributed by atoms with Gasteiger partial charge >= 0.3 is 0 Å². The molecule has 1 saturated heterocycles. The van der Waals surface area contributed by atoms with Crippen molar-refractivity contribution < 1.29 is 9.47 Å². The van der Waals surface area contributed by atoms with Gasteiger partial charge in [-0.05, 0) is 67.7 Å². The topological polar surface area (TPSA) is 80.6 Å². The zero-order chi connectivity index (χ0) is 28.1. The predicted molar refractivity (Wildman–Crippen MR) is 161 cm³/mol. The molecule has 4 aromatic rings. The Bertz CT molecular complexity index is 1420. The van der Waals surface area contributed by atoms with E-state index < -0.39 is 0 Å². The van der Waals surface area contributed by atoms with Gasteiger partial charge in [0.1, 0.15) is 11.5 Å². The van der Waals surface area contributed by atoms with Gasteiger partial charge in [-0.25, -0.2) is 4.98 Å². The molecule has 2 aromatic carbocycles. The molecule has 1 aliphatic heterocycles. The highest BCUT2D eigenvalue weighted by molar-refractivity contribution is 8.00. The average molecular weight is 560 g/mol. The minimum atomic E-state index is 0.402. The van der Waals surface area contributed by atoms with Crippen LogP contribution in [-0.2, 0) is 7.05 Å². The van der Waals surface area contributed by atoms with Crippen LogP contribution in [0.25, 0.3) is 11.3 Å². The van der Waals surface area contributed by atoms with Gasteiger partial charge < -0.3 is 19.3 Å². The van der Waals surface area contributed by atoms with Crippen LogP contribution in [0.3, 0.4) is 0 Å². The SMILES string of the molecule is Cc1cccc(OCC(C)C)c1-c1cc(Oc2ccc(N3CCN(C)CC3)cc2)nc(NSc2cnn(C)c2)n1. The summed E-state index contributed by atoms with van der Waals surface area (Å²) in [6.07, 6.45) is 3.72. The standard InChI is InChI=1S/C30H37N7O2S/c1-21(2)20-38-27-8-6-7-22(3)29(27)26-17-28(33-30(32-26)34-40-25-18-31-36(5)19-25)39-24-11-9-23(10-12-24)37-15-13-35(4)14-16-37/h6-12,17-19,21H,13-16,20H2,1-5H3,(H,32,33,34). The first-order valence-corrected chi connectivity index (χ1v) is 14.4. The Labute approximate surface area is 240 Å². The van der Waals surface area contributed by atoms with E-state index in [1.807, 2.05) is 43.6 Å². The van der Waals surface area contributed by atoms with Crippen molar-refractivity contribution in [3.8, 4) is 28.6 Å². The minimum absolute atomic E-state index is 0.402. The van der Waals surface area contributed by atoms with E-state index in [4.69, 9.17) is 14.5 Å². The maximum atomic E-state index is 6.29. The van der Waals surface area contributed by atoms with E-state index in [0.29, 0.717) is 24.4 Å². The van der Waals surface area contributed by atoms with Crippen LogP contribution >= 0.6 is 11.9 Å². The van der Waals surface area contributed by atoms with Gasteiger partial charge in [-0.1, -0.05) is 26.0 Å². The molecule has 0 radical (unpaired) electrons. The van der Waals surface area contributed by atoms with Crippen LogP contribution in [0.2, 0.25) is 0 Å². The minimum Gasteiger partial charge on any atom is -0.493 e. The van der Waals surface area contributed by atoms with Crippen LogP contribution in [-0.4, -0.2) is 64.5 Å². The summed E-state index contributed by atoms with van der Waals surface area (Å²) in [7, 11) is 4.05. The van der Waals surface area contributed by atoms with Crippen molar-refractivity contribution in [1.82, 2.24) is 24.6 Å². The average Bonchev–Trinajstić information content (AvgIpc) is 3.36. The van der Waals surface area contributed by atoms with Crippen LogP contribution in [0.15, 0.2) is 65.8 Å². The van der Waals surface area contributed by atoms with E-state index in [9.17, 15) is 0 Å². The molecule has 9 nitrogen and oxygen atoms in total. The lowest BCUT2D eigenvalue weighted by molar-refractivity contribution is 0.272. The lowest BCUT2D eigenvalue weighted by Gasteiger charge is -2.34. The Hall–Kier alpha value is -3.76. The van der Waals surface area contributed by atoms with E-state index in [1.165, 1.54) is 17.6 Å². The molecule has 210 valence electrons. The summed E-state index contributed by atoms with van der Waals surface area (Å²) in [5, 5.41) is 4.24. The first-order valence-electron chi connectivity index (χ1n) is 13.6. The highest BCUT2D eigenvalue weighted by Gasteiger charge is 2.17. The van der Waals surface area contributed by atoms with E-state index in [-0.39, 0.29) is 0 Å². The first-order chi connectivity index (χ1) is 19.3. The summed E-state index contributed by atoms with van der Waals surface area (Å²) in [6, 6.07) is 16.1. The molecule has 10 heteroatoms. The second kappa shape index (κ2) is 12.6. The van der Waals surface area contributed by atoms with Crippen molar-refractivity contribution in [2.45, 2.75) is 25.7 Å². The highest BCUT2D eigenvalue weighted by atomic mass is 32.2. The van der Waals surface area contributed by atoms with Crippen LogP contribution in [0.1, 0.15) is 19.4 Å². The monoisotopic (exact) mass is 559 g/mol. The lowest BCUT2D eigenvalue weighted by Crippen LogP contribution is -2.44. The van der Waals surface area contributed by atoms with Gasteiger partial charge in [-0.15, -0.1) is 0 Å². The third-order valence-electron chi connectivity index (χ3n) is 6.63. The van der Waals surface area contributed by atoms with E-state index in [2.05, 4.69) is 70.6 Å². The number of nitrogens with one attached hydrogen (secondary N) is 1. The molecule has 0 aliphatic carbocycles. The number of anilines is 2. The van der Waals surface area contributed by atoms with Crippen molar-refractivity contribution in [2.24, 2.45) is 13.0 Å². The summed E-state index contributed by atoms with van der Waals surface area (Å²) >= 11 is 1.40. The number of nitrogens with zero attached hydrogens (tertiary/aromatic N) is 6. The van der Waals surface area contributed by atoms with Gasteiger partial charge in [0.05, 0.1) is 23.4 Å². The number of rotatable bonds is 10. The fraction of sp³-hybridized carbons (Fsp3) is 0.367. The maximum Gasteiger partial charge on any atom is 0.237 e. The third kappa shape index (κ3) is 7.05. The van der Waals surface area contributed by atoms with Gasteiger partial charge in [0.2, 0.25) is 11.8 Å². The number of piperazine rings is 1. The second-order valence-corrected chi connectivity index (χ2v) is 11.4. The Morgan fingerprint density at radius 3 is 2.48 bits per heavy atom. The van der Waals surface area contributed by atoms with Gasteiger partial charge in [-0.3, -0.25) is 9.40 Å². The van der Waals surface area contributed by atoms with E-state index >= 15 is 0 Å². The van der Waals surface area contributed by atoms with Gasteiger partial charge in [0.25, 0.3) is 0 Å². The quantitative estimate of drug-likeness (QED) is 0.239. The number of aryl methyl sites for hydroxylation is 2. The number of hydrogen-bond donors (Lipinski definition) is 1. The van der Waals surface area contributed by atoms with E-state index in [1.54, 1.807) is 10.9 Å². The van der Waals surface area contributed by atoms with Crippen LogP contribution in [0.4, 0.5) is 11.6 Å². The number of likely N-dealkylation sites (N-methyl/N-ethyl adjacent to an activating group) is 1.